The third-order valence-electron chi connectivity index (χ3n) is 3.16. The number of aryl methyl sites for hydroxylation is 1. The lowest BCUT2D eigenvalue weighted by Crippen LogP contribution is -2.09. The number of nitrogens with zero attached hydrogens (tertiary/aromatic N) is 2. The topological polar surface area (TPSA) is 60.0 Å². The molecule has 0 radical (unpaired) electrons. The molecule has 0 fully saturated rings. The number of benzene rings is 2. The summed E-state index contributed by atoms with van der Waals surface area (Å²) in [6.45, 7) is 2.98. The molecule has 22 heavy (non-hydrogen) atoms. The molecule has 0 aliphatic heterocycles. The number of aromatic amines is 1. The summed E-state index contributed by atoms with van der Waals surface area (Å²) in [6, 6.07) is 15.7. The van der Waals surface area contributed by atoms with Crippen molar-refractivity contribution in [3.8, 4) is 22.9 Å². The van der Waals surface area contributed by atoms with Crippen molar-refractivity contribution in [2.45, 2.75) is 6.92 Å². The number of nitrogens with one attached hydrogen (secondary N) is 1. The van der Waals surface area contributed by atoms with Crippen molar-refractivity contribution >= 4 is 0 Å². The van der Waals surface area contributed by atoms with Crippen LogP contribution in [0.1, 0.15) is 5.56 Å². The smallest absolute Gasteiger partial charge is 0.159 e. The Morgan fingerprint density at radius 1 is 1.00 bits per heavy atom. The second-order valence-electron chi connectivity index (χ2n) is 4.84. The highest BCUT2D eigenvalue weighted by Gasteiger charge is 2.08. The fourth-order valence-electron chi connectivity index (χ4n) is 2.14. The maximum absolute atomic E-state index is 5.80. The summed E-state index contributed by atoms with van der Waals surface area (Å²) in [4.78, 5) is 4.15. The van der Waals surface area contributed by atoms with Gasteiger partial charge in [-0.2, -0.15) is 5.10 Å². The van der Waals surface area contributed by atoms with E-state index in [0.717, 1.165) is 17.1 Å². The Labute approximate surface area is 128 Å². The second kappa shape index (κ2) is 6.76. The van der Waals surface area contributed by atoms with Gasteiger partial charge in [-0.05, 0) is 36.8 Å². The highest BCUT2D eigenvalue weighted by molar-refractivity contribution is 5.63. The van der Waals surface area contributed by atoms with Crippen LogP contribution >= 0.6 is 0 Å². The normalized spacial score (nSPS) is 10.4. The molecule has 0 aliphatic rings. The first kappa shape index (κ1) is 14.1. The van der Waals surface area contributed by atoms with Gasteiger partial charge in [-0.1, -0.05) is 24.3 Å². The van der Waals surface area contributed by atoms with Gasteiger partial charge >= 0.3 is 0 Å². The fourth-order valence-corrected chi connectivity index (χ4v) is 2.14. The van der Waals surface area contributed by atoms with E-state index >= 15 is 0 Å². The third-order valence-corrected chi connectivity index (χ3v) is 3.16. The summed E-state index contributed by atoms with van der Waals surface area (Å²) in [6.07, 6.45) is 1.48. The molecular weight excluding hydrogens is 278 g/mol. The van der Waals surface area contributed by atoms with Gasteiger partial charge in [0.25, 0.3) is 0 Å². The Hall–Kier alpha value is -2.82. The van der Waals surface area contributed by atoms with Gasteiger partial charge < -0.3 is 9.47 Å². The first-order chi connectivity index (χ1) is 10.8. The van der Waals surface area contributed by atoms with E-state index in [1.807, 2.05) is 55.5 Å². The average molecular weight is 295 g/mol. The molecule has 1 aromatic heterocycles. The molecule has 0 aliphatic carbocycles. The minimum Gasteiger partial charge on any atom is -0.490 e. The number of rotatable bonds is 6. The molecule has 1 N–H and O–H groups in total. The van der Waals surface area contributed by atoms with Gasteiger partial charge in [0.05, 0.1) is 5.56 Å². The van der Waals surface area contributed by atoms with Crippen molar-refractivity contribution < 1.29 is 9.47 Å². The Balaban J connectivity index is 1.58. The molecule has 0 atom stereocenters. The van der Waals surface area contributed by atoms with Crippen LogP contribution in [0.25, 0.3) is 11.4 Å². The molecular formula is C17H17N3O2. The summed E-state index contributed by atoms with van der Waals surface area (Å²) in [5, 5.41) is 6.71. The van der Waals surface area contributed by atoms with Crippen molar-refractivity contribution in [2.75, 3.05) is 13.2 Å². The SMILES string of the molecule is Cc1cccc(OCCOc2ccccc2-c2ncn[nH]2)c1. The quantitative estimate of drug-likeness (QED) is 0.709. The number of H-pyrrole nitrogens is 1. The zero-order chi connectivity index (χ0) is 15.2. The van der Waals surface area contributed by atoms with Gasteiger partial charge in [0.15, 0.2) is 5.82 Å². The minimum absolute atomic E-state index is 0.457. The van der Waals surface area contributed by atoms with Gasteiger partial charge in [-0.25, -0.2) is 4.98 Å². The largest absolute Gasteiger partial charge is 0.490 e. The molecule has 5 nitrogen and oxygen atoms in total. The summed E-state index contributed by atoms with van der Waals surface area (Å²) in [5.74, 6) is 2.30. The van der Waals surface area contributed by atoms with Crippen LogP contribution in [0.5, 0.6) is 11.5 Å². The third kappa shape index (κ3) is 3.44. The molecule has 0 bridgehead atoms. The van der Waals surface area contributed by atoms with Crippen LogP contribution in [0.2, 0.25) is 0 Å². The van der Waals surface area contributed by atoms with E-state index in [4.69, 9.17) is 9.47 Å². The lowest BCUT2D eigenvalue weighted by molar-refractivity contribution is 0.217. The predicted octanol–water partition coefficient (Wildman–Crippen LogP) is 3.24. The fraction of sp³-hybridized carbons (Fsp3) is 0.176. The van der Waals surface area contributed by atoms with E-state index in [1.54, 1.807) is 0 Å². The number of ether oxygens (including phenoxy) is 2. The summed E-state index contributed by atoms with van der Waals surface area (Å²) < 4.78 is 11.5. The number of para-hydroxylation sites is 1. The molecule has 1 heterocycles. The summed E-state index contributed by atoms with van der Waals surface area (Å²) >= 11 is 0. The van der Waals surface area contributed by atoms with E-state index in [1.165, 1.54) is 11.9 Å². The van der Waals surface area contributed by atoms with Gasteiger partial charge in [-0.3, -0.25) is 5.10 Å². The maximum atomic E-state index is 5.80. The van der Waals surface area contributed by atoms with E-state index < -0.39 is 0 Å². The highest BCUT2D eigenvalue weighted by atomic mass is 16.5. The highest BCUT2D eigenvalue weighted by Crippen LogP contribution is 2.26. The molecule has 5 heteroatoms. The van der Waals surface area contributed by atoms with E-state index in [9.17, 15) is 0 Å². The Kier molecular flexibility index (Phi) is 4.34. The van der Waals surface area contributed by atoms with Gasteiger partial charge in [0.2, 0.25) is 0 Å². The van der Waals surface area contributed by atoms with Crippen molar-refractivity contribution in [2.24, 2.45) is 0 Å². The van der Waals surface area contributed by atoms with Crippen molar-refractivity contribution in [1.29, 1.82) is 0 Å². The van der Waals surface area contributed by atoms with Crippen LogP contribution in [-0.4, -0.2) is 28.4 Å². The van der Waals surface area contributed by atoms with E-state index in [0.29, 0.717) is 19.0 Å². The summed E-state index contributed by atoms with van der Waals surface area (Å²) in [5.41, 5.74) is 2.06. The molecule has 3 rings (SSSR count). The molecule has 112 valence electrons. The molecule has 0 saturated carbocycles. The lowest BCUT2D eigenvalue weighted by Gasteiger charge is -2.11. The molecule has 0 saturated heterocycles. The zero-order valence-electron chi connectivity index (χ0n) is 12.3. The Morgan fingerprint density at radius 2 is 1.86 bits per heavy atom. The summed E-state index contributed by atoms with van der Waals surface area (Å²) in [7, 11) is 0. The Morgan fingerprint density at radius 3 is 2.68 bits per heavy atom. The molecule has 0 unspecified atom stereocenters. The first-order valence-corrected chi connectivity index (χ1v) is 7.10. The van der Waals surface area contributed by atoms with E-state index in [-0.39, 0.29) is 0 Å². The van der Waals surface area contributed by atoms with Crippen LogP contribution < -0.4 is 9.47 Å². The van der Waals surface area contributed by atoms with Crippen molar-refractivity contribution in [3.05, 3.63) is 60.4 Å². The predicted molar refractivity (Wildman–Crippen MR) is 84.0 cm³/mol. The van der Waals surface area contributed by atoms with Crippen LogP contribution in [-0.2, 0) is 0 Å². The average Bonchev–Trinajstić information content (AvgIpc) is 3.06. The standard InChI is InChI=1S/C17H17N3O2/c1-13-5-4-6-14(11-13)21-9-10-22-16-8-3-2-7-15(16)17-18-12-19-20-17/h2-8,11-12H,9-10H2,1H3,(H,18,19,20). The van der Waals surface area contributed by atoms with Gasteiger partial charge in [-0.15, -0.1) is 0 Å². The van der Waals surface area contributed by atoms with Crippen molar-refractivity contribution in [1.82, 2.24) is 15.2 Å². The van der Waals surface area contributed by atoms with Crippen LogP contribution in [0, 0.1) is 6.92 Å². The molecule has 3 aromatic rings. The molecule has 2 aromatic carbocycles. The lowest BCUT2D eigenvalue weighted by atomic mass is 10.2. The number of hydrogen-bond acceptors (Lipinski definition) is 4. The van der Waals surface area contributed by atoms with Gasteiger partial charge in [0, 0.05) is 0 Å². The first-order valence-electron chi connectivity index (χ1n) is 7.10. The minimum atomic E-state index is 0.457. The van der Waals surface area contributed by atoms with Crippen LogP contribution in [0.15, 0.2) is 54.9 Å². The number of hydrogen-bond donors (Lipinski definition) is 1. The molecule has 0 amide bonds. The molecule has 0 spiro atoms. The van der Waals surface area contributed by atoms with Crippen LogP contribution in [0.3, 0.4) is 0 Å². The maximum Gasteiger partial charge on any atom is 0.159 e. The second-order valence-corrected chi connectivity index (χ2v) is 4.84. The zero-order valence-corrected chi connectivity index (χ0v) is 12.3. The number of aromatic nitrogens is 3. The Bertz CT molecular complexity index is 726. The van der Waals surface area contributed by atoms with Gasteiger partial charge in [0.1, 0.15) is 31.0 Å². The van der Waals surface area contributed by atoms with Crippen molar-refractivity contribution in [3.63, 3.8) is 0 Å². The van der Waals surface area contributed by atoms with E-state index in [2.05, 4.69) is 15.2 Å². The monoisotopic (exact) mass is 295 g/mol. The van der Waals surface area contributed by atoms with Crippen LogP contribution in [0.4, 0.5) is 0 Å².